The molecule has 0 aliphatic carbocycles. The molecule has 0 aromatic rings. The fourth-order valence-corrected chi connectivity index (χ4v) is 1.96. The van der Waals surface area contributed by atoms with Crippen LogP contribution in [-0.2, 0) is 4.79 Å². The van der Waals surface area contributed by atoms with E-state index in [4.69, 9.17) is 0 Å². The molecule has 1 aliphatic heterocycles. The average molecular weight is 300 g/mol. The highest BCUT2D eigenvalue weighted by Crippen LogP contribution is 2.15. The van der Waals surface area contributed by atoms with Crippen LogP contribution in [0.15, 0.2) is 0 Å². The van der Waals surface area contributed by atoms with Crippen molar-refractivity contribution in [2.75, 3.05) is 39.8 Å². The third-order valence-corrected chi connectivity index (χ3v) is 3.29. The highest BCUT2D eigenvalue weighted by atomic mass is 35.5. The number of carbonyl (C=O) groups is 1. The lowest BCUT2D eigenvalue weighted by molar-refractivity contribution is -0.122. The Labute approximate surface area is 123 Å². The van der Waals surface area contributed by atoms with Crippen LogP contribution in [0.3, 0.4) is 0 Å². The summed E-state index contributed by atoms with van der Waals surface area (Å²) >= 11 is 0. The Morgan fingerprint density at radius 1 is 1.33 bits per heavy atom. The van der Waals surface area contributed by atoms with Gasteiger partial charge in [0.15, 0.2) is 0 Å². The molecule has 0 aromatic carbocycles. The molecule has 6 heteroatoms. The van der Waals surface area contributed by atoms with Crippen molar-refractivity contribution in [1.82, 2.24) is 15.5 Å². The normalized spacial score (nSPS) is 15.7. The monoisotopic (exact) mass is 299 g/mol. The topological polar surface area (TPSA) is 44.4 Å². The summed E-state index contributed by atoms with van der Waals surface area (Å²) in [5.74, 6) is 0.807. The van der Waals surface area contributed by atoms with Gasteiger partial charge in [0.25, 0.3) is 0 Å². The number of hydrogen-bond acceptors (Lipinski definition) is 3. The average Bonchev–Trinajstić information content (AvgIpc) is 2.30. The molecule has 110 valence electrons. The van der Waals surface area contributed by atoms with E-state index >= 15 is 0 Å². The van der Waals surface area contributed by atoms with E-state index in [1.165, 1.54) is 0 Å². The maximum atomic E-state index is 11.6. The molecule has 1 saturated heterocycles. The smallest absolute Gasteiger partial charge is 0.220 e. The van der Waals surface area contributed by atoms with Crippen LogP contribution in [0.4, 0.5) is 0 Å². The largest absolute Gasteiger partial charge is 0.355 e. The van der Waals surface area contributed by atoms with Crippen molar-refractivity contribution < 1.29 is 4.79 Å². The third-order valence-electron chi connectivity index (χ3n) is 3.29. The quantitative estimate of drug-likeness (QED) is 0.777. The third kappa shape index (κ3) is 8.97. The van der Waals surface area contributed by atoms with E-state index in [-0.39, 0.29) is 30.7 Å². The van der Waals surface area contributed by atoms with Gasteiger partial charge in [0.1, 0.15) is 0 Å². The van der Waals surface area contributed by atoms with E-state index in [2.05, 4.69) is 29.5 Å². The predicted molar refractivity (Wildman–Crippen MR) is 80.9 cm³/mol. The fraction of sp³-hybridized carbons (Fsp3) is 0.917. The molecule has 0 unspecified atom stereocenters. The summed E-state index contributed by atoms with van der Waals surface area (Å²) in [5, 5.41) is 6.31. The Hall–Kier alpha value is -0.0300. The second-order valence-electron chi connectivity index (χ2n) is 4.64. The van der Waals surface area contributed by atoms with Crippen molar-refractivity contribution in [1.29, 1.82) is 0 Å². The van der Waals surface area contributed by atoms with Gasteiger partial charge in [-0.05, 0) is 45.4 Å². The summed E-state index contributed by atoms with van der Waals surface area (Å²) in [7, 11) is 2.07. The Kier molecular flexibility index (Phi) is 13.6. The van der Waals surface area contributed by atoms with Gasteiger partial charge in [0, 0.05) is 19.5 Å². The van der Waals surface area contributed by atoms with Crippen LogP contribution in [0.2, 0.25) is 0 Å². The van der Waals surface area contributed by atoms with Crippen LogP contribution in [0.25, 0.3) is 0 Å². The van der Waals surface area contributed by atoms with Crippen LogP contribution in [0, 0.1) is 5.92 Å². The number of carbonyl (C=O) groups excluding carboxylic acids is 1. The lowest BCUT2D eigenvalue weighted by Gasteiger charge is -2.22. The Balaban J connectivity index is 0. The number of amides is 1. The van der Waals surface area contributed by atoms with Crippen molar-refractivity contribution in [2.45, 2.75) is 26.2 Å². The first-order chi connectivity index (χ1) is 7.72. The number of rotatable bonds is 6. The SMILES string of the molecule is CCN(C)CCNC(=O)CC1CCNCC1.Cl.Cl. The maximum Gasteiger partial charge on any atom is 0.220 e. The molecule has 1 aliphatic rings. The highest BCUT2D eigenvalue weighted by Gasteiger charge is 2.16. The van der Waals surface area contributed by atoms with Gasteiger partial charge in [-0.2, -0.15) is 0 Å². The van der Waals surface area contributed by atoms with Gasteiger partial charge in [0.2, 0.25) is 5.91 Å². The van der Waals surface area contributed by atoms with E-state index < -0.39 is 0 Å². The van der Waals surface area contributed by atoms with E-state index in [0.717, 1.165) is 45.6 Å². The molecule has 1 heterocycles. The lowest BCUT2D eigenvalue weighted by Crippen LogP contribution is -2.35. The molecule has 0 radical (unpaired) electrons. The van der Waals surface area contributed by atoms with Crippen molar-refractivity contribution in [3.8, 4) is 0 Å². The van der Waals surface area contributed by atoms with Gasteiger partial charge in [-0.15, -0.1) is 24.8 Å². The molecule has 4 nitrogen and oxygen atoms in total. The molecule has 1 fully saturated rings. The van der Waals surface area contributed by atoms with Gasteiger partial charge >= 0.3 is 0 Å². The van der Waals surface area contributed by atoms with Crippen LogP contribution in [-0.4, -0.2) is 50.6 Å². The van der Waals surface area contributed by atoms with Crippen molar-refractivity contribution in [3.63, 3.8) is 0 Å². The van der Waals surface area contributed by atoms with Crippen LogP contribution < -0.4 is 10.6 Å². The number of nitrogens with zero attached hydrogens (tertiary/aromatic N) is 1. The minimum absolute atomic E-state index is 0. The standard InChI is InChI=1S/C12H25N3O.2ClH/c1-3-15(2)9-8-14-12(16)10-11-4-6-13-7-5-11;;/h11,13H,3-10H2,1-2H3,(H,14,16);2*1H. The summed E-state index contributed by atoms with van der Waals surface area (Å²) in [6, 6.07) is 0. The van der Waals surface area contributed by atoms with Gasteiger partial charge in [-0.1, -0.05) is 6.92 Å². The summed E-state index contributed by atoms with van der Waals surface area (Å²) < 4.78 is 0. The number of piperidine rings is 1. The molecule has 0 spiro atoms. The molecule has 0 aromatic heterocycles. The number of nitrogens with one attached hydrogen (secondary N) is 2. The molecule has 1 rings (SSSR count). The second-order valence-corrected chi connectivity index (χ2v) is 4.64. The first-order valence-electron chi connectivity index (χ1n) is 6.38. The molecular formula is C12H27Cl2N3O. The molecule has 0 bridgehead atoms. The Morgan fingerprint density at radius 2 is 1.94 bits per heavy atom. The first kappa shape index (κ1) is 20.3. The Bertz CT molecular complexity index is 211. The summed E-state index contributed by atoms with van der Waals surface area (Å²) in [6.45, 7) is 7.00. The van der Waals surface area contributed by atoms with Gasteiger partial charge in [0.05, 0.1) is 0 Å². The van der Waals surface area contributed by atoms with Crippen molar-refractivity contribution >= 4 is 30.7 Å². The number of likely N-dealkylation sites (N-methyl/N-ethyl adjacent to an activating group) is 1. The minimum Gasteiger partial charge on any atom is -0.355 e. The van der Waals surface area contributed by atoms with Crippen molar-refractivity contribution in [2.24, 2.45) is 5.92 Å². The minimum atomic E-state index is 0. The molecule has 2 N–H and O–H groups in total. The molecule has 0 atom stereocenters. The van der Waals surface area contributed by atoms with Gasteiger partial charge in [-0.25, -0.2) is 0 Å². The molecule has 18 heavy (non-hydrogen) atoms. The Morgan fingerprint density at radius 3 is 2.50 bits per heavy atom. The molecule has 0 saturated carbocycles. The lowest BCUT2D eigenvalue weighted by atomic mass is 9.94. The zero-order chi connectivity index (χ0) is 11.8. The molecular weight excluding hydrogens is 273 g/mol. The van der Waals surface area contributed by atoms with Crippen LogP contribution >= 0.6 is 24.8 Å². The number of halogens is 2. The number of hydrogen-bond donors (Lipinski definition) is 2. The van der Waals surface area contributed by atoms with E-state index in [1.54, 1.807) is 0 Å². The van der Waals surface area contributed by atoms with E-state index in [0.29, 0.717) is 12.3 Å². The van der Waals surface area contributed by atoms with Gasteiger partial charge in [-0.3, -0.25) is 4.79 Å². The summed E-state index contributed by atoms with van der Waals surface area (Å²) in [5.41, 5.74) is 0. The predicted octanol–water partition coefficient (Wildman–Crippen LogP) is 1.29. The second kappa shape index (κ2) is 12.0. The zero-order valence-corrected chi connectivity index (χ0v) is 13.0. The maximum absolute atomic E-state index is 11.6. The van der Waals surface area contributed by atoms with E-state index in [1.807, 2.05) is 0 Å². The summed E-state index contributed by atoms with van der Waals surface area (Å²) in [6.07, 6.45) is 2.99. The zero-order valence-electron chi connectivity index (χ0n) is 11.4. The van der Waals surface area contributed by atoms with Crippen LogP contribution in [0.5, 0.6) is 0 Å². The fourth-order valence-electron chi connectivity index (χ4n) is 1.96. The van der Waals surface area contributed by atoms with Crippen molar-refractivity contribution in [3.05, 3.63) is 0 Å². The summed E-state index contributed by atoms with van der Waals surface area (Å²) in [4.78, 5) is 13.8. The molecule has 1 amide bonds. The highest BCUT2D eigenvalue weighted by molar-refractivity contribution is 5.85. The van der Waals surface area contributed by atoms with Crippen LogP contribution in [0.1, 0.15) is 26.2 Å². The van der Waals surface area contributed by atoms with Gasteiger partial charge < -0.3 is 15.5 Å². The van der Waals surface area contributed by atoms with E-state index in [9.17, 15) is 4.79 Å². The first-order valence-corrected chi connectivity index (χ1v) is 6.38.